The molecule has 0 radical (unpaired) electrons. The van der Waals surface area contributed by atoms with E-state index in [0.29, 0.717) is 10.7 Å². The largest absolute Gasteiger partial charge is 0.326 e. The Hall–Kier alpha value is -3.72. The maximum absolute atomic E-state index is 13.9. The highest BCUT2D eigenvalue weighted by atomic mass is 35.5. The summed E-state index contributed by atoms with van der Waals surface area (Å²) in [7, 11) is 0. The molecule has 8 nitrogen and oxygen atoms in total. The van der Waals surface area contributed by atoms with Crippen LogP contribution in [0.15, 0.2) is 53.3 Å². The molecule has 0 spiro atoms. The van der Waals surface area contributed by atoms with Crippen molar-refractivity contribution in [3.8, 4) is 0 Å². The van der Waals surface area contributed by atoms with Crippen molar-refractivity contribution in [2.45, 2.75) is 12.3 Å². The van der Waals surface area contributed by atoms with Crippen LogP contribution < -0.4 is 21.5 Å². The van der Waals surface area contributed by atoms with Crippen LogP contribution in [0.25, 0.3) is 0 Å². The highest BCUT2D eigenvalue weighted by Gasteiger charge is 2.35. The molecular weight excluding hydrogens is 413 g/mol. The van der Waals surface area contributed by atoms with E-state index in [1.54, 1.807) is 30.3 Å². The number of carbonyl (C=O) groups is 2. The summed E-state index contributed by atoms with van der Waals surface area (Å²) >= 11 is 5.95. The van der Waals surface area contributed by atoms with Gasteiger partial charge < -0.3 is 16.0 Å². The van der Waals surface area contributed by atoms with Gasteiger partial charge in [-0.2, -0.15) is 4.98 Å². The number of nitrogens with one attached hydrogen (secondary N) is 4. The first-order valence-electron chi connectivity index (χ1n) is 8.93. The van der Waals surface area contributed by atoms with Crippen LogP contribution in [0.2, 0.25) is 5.02 Å². The Balaban J connectivity index is 1.65. The quantitative estimate of drug-likeness (QED) is 0.509. The first kappa shape index (κ1) is 19.6. The third-order valence-corrected chi connectivity index (χ3v) is 4.72. The van der Waals surface area contributed by atoms with Gasteiger partial charge in [-0.3, -0.25) is 19.4 Å². The summed E-state index contributed by atoms with van der Waals surface area (Å²) in [5, 5.41) is 8.31. The van der Waals surface area contributed by atoms with Gasteiger partial charge in [0, 0.05) is 17.1 Å². The first-order valence-corrected chi connectivity index (χ1v) is 9.30. The van der Waals surface area contributed by atoms with Crippen LogP contribution in [0.4, 0.5) is 27.5 Å². The molecule has 4 rings (SSSR count). The van der Waals surface area contributed by atoms with Crippen molar-refractivity contribution in [3.63, 3.8) is 0 Å². The van der Waals surface area contributed by atoms with Crippen LogP contribution in [-0.4, -0.2) is 21.8 Å². The number of anilines is 4. The molecule has 1 unspecified atom stereocenters. The van der Waals surface area contributed by atoms with Crippen molar-refractivity contribution >= 4 is 46.6 Å². The topological polar surface area (TPSA) is 116 Å². The molecule has 2 amide bonds. The van der Waals surface area contributed by atoms with E-state index in [-0.39, 0.29) is 29.4 Å². The Morgan fingerprint density at radius 3 is 2.73 bits per heavy atom. The number of aromatic amines is 1. The highest BCUT2D eigenvalue weighted by Crippen LogP contribution is 2.30. The summed E-state index contributed by atoms with van der Waals surface area (Å²) in [6, 6.07) is 12.4. The lowest BCUT2D eigenvalue weighted by atomic mass is 9.92. The molecule has 0 fully saturated rings. The molecule has 152 valence electrons. The number of nitrogens with zero attached hydrogens (tertiary/aromatic N) is 1. The average molecular weight is 428 g/mol. The molecule has 30 heavy (non-hydrogen) atoms. The molecule has 0 saturated heterocycles. The van der Waals surface area contributed by atoms with Gasteiger partial charge >= 0.3 is 0 Å². The standard InChI is InChI=1S/C20H15ClFN5O3/c21-10-4-3-5-11(8-10)23-20-26-17-16(19(30)27-20)12(9-15(28)25-17)18(29)24-14-7-2-1-6-13(14)22/h1-8,12H,9H2,(H,24,29)(H3,23,25,26,27,28,30). The summed E-state index contributed by atoms with van der Waals surface area (Å²) < 4.78 is 13.9. The van der Waals surface area contributed by atoms with Gasteiger partial charge in [-0.25, -0.2) is 4.39 Å². The molecule has 0 bridgehead atoms. The second-order valence-electron chi connectivity index (χ2n) is 6.59. The van der Waals surface area contributed by atoms with Crippen molar-refractivity contribution in [1.29, 1.82) is 0 Å². The molecular formula is C20H15ClFN5O3. The lowest BCUT2D eigenvalue weighted by Gasteiger charge is -2.23. The van der Waals surface area contributed by atoms with Crippen LogP contribution in [0, 0.1) is 5.82 Å². The van der Waals surface area contributed by atoms with Crippen molar-refractivity contribution in [2.75, 3.05) is 16.0 Å². The minimum atomic E-state index is -1.12. The van der Waals surface area contributed by atoms with E-state index in [1.165, 1.54) is 18.2 Å². The number of rotatable bonds is 4. The van der Waals surface area contributed by atoms with E-state index in [1.807, 2.05) is 0 Å². The Morgan fingerprint density at radius 1 is 1.17 bits per heavy atom. The number of fused-ring (bicyclic) bond motifs is 1. The maximum atomic E-state index is 13.9. The molecule has 1 aliphatic heterocycles. The van der Waals surface area contributed by atoms with E-state index >= 15 is 0 Å². The van der Waals surface area contributed by atoms with E-state index in [4.69, 9.17) is 11.6 Å². The van der Waals surface area contributed by atoms with E-state index in [2.05, 4.69) is 25.9 Å². The van der Waals surface area contributed by atoms with Gasteiger partial charge in [0.15, 0.2) is 0 Å². The van der Waals surface area contributed by atoms with Gasteiger partial charge in [0.05, 0.1) is 17.2 Å². The number of para-hydroxylation sites is 1. The summed E-state index contributed by atoms with van der Waals surface area (Å²) in [6.45, 7) is 0. The van der Waals surface area contributed by atoms with E-state index in [0.717, 1.165) is 0 Å². The Morgan fingerprint density at radius 2 is 1.97 bits per heavy atom. The van der Waals surface area contributed by atoms with Gasteiger partial charge in [0.1, 0.15) is 11.6 Å². The van der Waals surface area contributed by atoms with Crippen LogP contribution in [0.5, 0.6) is 0 Å². The fourth-order valence-electron chi connectivity index (χ4n) is 3.14. The normalized spacial score (nSPS) is 15.1. The molecule has 3 aromatic rings. The van der Waals surface area contributed by atoms with Crippen LogP contribution in [-0.2, 0) is 9.59 Å². The Kier molecular flexibility index (Phi) is 5.20. The number of H-pyrrole nitrogens is 1. The molecule has 1 atom stereocenters. The lowest BCUT2D eigenvalue weighted by molar-refractivity contribution is -0.123. The van der Waals surface area contributed by atoms with Crippen molar-refractivity contribution < 1.29 is 14.0 Å². The molecule has 4 N–H and O–H groups in total. The van der Waals surface area contributed by atoms with E-state index in [9.17, 15) is 18.8 Å². The molecule has 2 aromatic carbocycles. The molecule has 0 aliphatic carbocycles. The molecule has 10 heteroatoms. The summed E-state index contributed by atoms with van der Waals surface area (Å²) in [4.78, 5) is 44.3. The molecule has 1 aliphatic rings. The van der Waals surface area contributed by atoms with Gasteiger partial charge in [0.25, 0.3) is 5.56 Å². The zero-order chi connectivity index (χ0) is 21.3. The smallest absolute Gasteiger partial charge is 0.258 e. The number of benzene rings is 2. The number of carbonyl (C=O) groups excluding carboxylic acids is 2. The lowest BCUT2D eigenvalue weighted by Crippen LogP contribution is -2.36. The minimum absolute atomic E-state index is 0.0000772. The monoisotopic (exact) mass is 427 g/mol. The van der Waals surface area contributed by atoms with Crippen molar-refractivity contribution in [1.82, 2.24) is 9.97 Å². The second-order valence-corrected chi connectivity index (χ2v) is 7.02. The number of hydrogen-bond donors (Lipinski definition) is 4. The summed E-state index contributed by atoms with van der Waals surface area (Å²) in [6.07, 6.45) is -0.265. The number of aromatic nitrogens is 2. The SMILES string of the molecule is O=C1CC(C(=O)Nc2ccccc2F)c2c(nc(Nc3cccc(Cl)c3)[nH]c2=O)N1. The molecule has 0 saturated carbocycles. The van der Waals surface area contributed by atoms with E-state index < -0.39 is 29.1 Å². The molecule has 2 heterocycles. The maximum Gasteiger partial charge on any atom is 0.258 e. The zero-order valence-corrected chi connectivity index (χ0v) is 16.1. The number of halogens is 2. The Labute approximate surface area is 174 Å². The highest BCUT2D eigenvalue weighted by molar-refractivity contribution is 6.30. The summed E-state index contributed by atoms with van der Waals surface area (Å²) in [5.41, 5.74) is -0.0708. The third kappa shape index (κ3) is 4.01. The zero-order valence-electron chi connectivity index (χ0n) is 15.3. The van der Waals surface area contributed by atoms with Crippen LogP contribution in [0.1, 0.15) is 17.9 Å². The fourth-order valence-corrected chi connectivity index (χ4v) is 3.33. The Bertz CT molecular complexity index is 1210. The first-order chi connectivity index (χ1) is 14.4. The molecule has 1 aromatic heterocycles. The summed E-state index contributed by atoms with van der Waals surface area (Å²) in [5.74, 6) is -2.88. The van der Waals surface area contributed by atoms with Crippen LogP contribution in [0.3, 0.4) is 0 Å². The average Bonchev–Trinajstić information content (AvgIpc) is 2.68. The predicted molar refractivity (Wildman–Crippen MR) is 111 cm³/mol. The number of hydrogen-bond acceptors (Lipinski definition) is 5. The van der Waals surface area contributed by atoms with Crippen LogP contribution >= 0.6 is 11.6 Å². The van der Waals surface area contributed by atoms with Gasteiger partial charge in [-0.1, -0.05) is 29.8 Å². The second kappa shape index (κ2) is 7.96. The van der Waals surface area contributed by atoms with Gasteiger partial charge in [-0.05, 0) is 30.3 Å². The van der Waals surface area contributed by atoms with Gasteiger partial charge in [0.2, 0.25) is 17.8 Å². The number of amides is 2. The van der Waals surface area contributed by atoms with Gasteiger partial charge in [-0.15, -0.1) is 0 Å². The fraction of sp³-hybridized carbons (Fsp3) is 0.100. The minimum Gasteiger partial charge on any atom is -0.326 e. The van der Waals surface area contributed by atoms with Crippen molar-refractivity contribution in [2.24, 2.45) is 0 Å². The van der Waals surface area contributed by atoms with Crippen molar-refractivity contribution in [3.05, 3.63) is 75.3 Å². The predicted octanol–water partition coefficient (Wildman–Crippen LogP) is 3.37. The third-order valence-electron chi connectivity index (χ3n) is 4.49.